The SMILES string of the molecule is Cc1c(C(=O)N(C)Cc2nsc(NC(=O)NCc3ccc(Cl)s3)n2)sc2nc[nH]c(=O)c12. The Bertz CT molecular complexity index is 1360. The molecule has 14 heteroatoms. The molecule has 0 unspecified atom stereocenters. The molecule has 4 aromatic heterocycles. The molecular weight excluding hydrogens is 494 g/mol. The van der Waals surface area contributed by atoms with Crippen molar-refractivity contribution in [2.24, 2.45) is 0 Å². The highest BCUT2D eigenvalue weighted by molar-refractivity contribution is 7.20. The van der Waals surface area contributed by atoms with Crippen molar-refractivity contribution in [2.75, 3.05) is 12.4 Å². The van der Waals surface area contributed by atoms with Crippen LogP contribution in [-0.4, -0.2) is 43.2 Å². The van der Waals surface area contributed by atoms with Gasteiger partial charge in [-0.05, 0) is 24.6 Å². The molecule has 0 aromatic carbocycles. The number of rotatable bonds is 6. The van der Waals surface area contributed by atoms with Crippen molar-refractivity contribution in [2.45, 2.75) is 20.0 Å². The molecule has 0 atom stereocenters. The lowest BCUT2D eigenvalue weighted by molar-refractivity contribution is 0.0786. The molecule has 4 heterocycles. The first kappa shape index (κ1) is 22.3. The Morgan fingerprint density at radius 3 is 2.81 bits per heavy atom. The van der Waals surface area contributed by atoms with Crippen molar-refractivity contribution in [3.63, 3.8) is 0 Å². The molecule has 0 saturated carbocycles. The molecule has 0 aliphatic rings. The number of carbonyl (C=O) groups excluding carboxylic acids is 2. The van der Waals surface area contributed by atoms with E-state index in [1.54, 1.807) is 20.0 Å². The molecule has 3 amide bonds. The van der Waals surface area contributed by atoms with Gasteiger partial charge >= 0.3 is 6.03 Å². The van der Waals surface area contributed by atoms with Gasteiger partial charge in [0.25, 0.3) is 11.5 Å². The summed E-state index contributed by atoms with van der Waals surface area (Å²) in [5.41, 5.74) is 0.316. The maximum atomic E-state index is 12.9. The van der Waals surface area contributed by atoms with Crippen LogP contribution in [0.3, 0.4) is 0 Å². The fourth-order valence-electron chi connectivity index (χ4n) is 2.86. The number of aromatic amines is 1. The molecule has 3 N–H and O–H groups in total. The van der Waals surface area contributed by atoms with Gasteiger partial charge in [-0.2, -0.15) is 4.37 Å². The van der Waals surface area contributed by atoms with E-state index in [-0.39, 0.29) is 18.0 Å². The highest BCUT2D eigenvalue weighted by Gasteiger charge is 2.22. The molecule has 0 spiro atoms. The highest BCUT2D eigenvalue weighted by atomic mass is 35.5. The fourth-order valence-corrected chi connectivity index (χ4v) is 5.61. The van der Waals surface area contributed by atoms with Crippen molar-refractivity contribution in [1.29, 1.82) is 0 Å². The maximum absolute atomic E-state index is 12.9. The largest absolute Gasteiger partial charge is 0.333 e. The molecule has 0 aliphatic heterocycles. The summed E-state index contributed by atoms with van der Waals surface area (Å²) in [6.07, 6.45) is 1.32. The van der Waals surface area contributed by atoms with Crippen LogP contribution in [0.5, 0.6) is 0 Å². The number of amides is 3. The molecule has 4 rings (SSSR count). The Balaban J connectivity index is 1.37. The first-order valence-electron chi connectivity index (χ1n) is 9.15. The normalized spacial score (nSPS) is 11.0. The Kier molecular flexibility index (Phi) is 6.50. The zero-order chi connectivity index (χ0) is 22.8. The second kappa shape index (κ2) is 9.32. The van der Waals surface area contributed by atoms with Crippen molar-refractivity contribution in [1.82, 2.24) is 29.5 Å². The monoisotopic (exact) mass is 509 g/mol. The lowest BCUT2D eigenvalue weighted by Gasteiger charge is -2.14. The summed E-state index contributed by atoms with van der Waals surface area (Å²) in [5, 5.41) is 6.08. The van der Waals surface area contributed by atoms with Crippen molar-refractivity contribution >= 4 is 73.1 Å². The van der Waals surface area contributed by atoms with Gasteiger partial charge in [-0.3, -0.25) is 14.9 Å². The number of hydrogen-bond acceptors (Lipinski definition) is 9. The number of anilines is 1. The summed E-state index contributed by atoms with van der Waals surface area (Å²) in [4.78, 5) is 51.3. The Morgan fingerprint density at radius 2 is 2.09 bits per heavy atom. The molecular formula is C18H16ClN7O3S3. The number of fused-ring (bicyclic) bond motifs is 1. The predicted octanol–water partition coefficient (Wildman–Crippen LogP) is 3.45. The summed E-state index contributed by atoms with van der Waals surface area (Å²) in [6.45, 7) is 2.21. The molecule has 0 radical (unpaired) electrons. The first-order chi connectivity index (χ1) is 15.3. The van der Waals surface area contributed by atoms with E-state index in [1.165, 1.54) is 33.9 Å². The van der Waals surface area contributed by atoms with Crippen LogP contribution < -0.4 is 16.2 Å². The van der Waals surface area contributed by atoms with Crippen molar-refractivity contribution in [3.8, 4) is 0 Å². The van der Waals surface area contributed by atoms with Crippen LogP contribution in [0.15, 0.2) is 23.3 Å². The van der Waals surface area contributed by atoms with Crippen LogP contribution in [0.25, 0.3) is 10.2 Å². The molecule has 0 aliphatic carbocycles. The number of H-pyrrole nitrogens is 1. The van der Waals surface area contributed by atoms with Crippen LogP contribution >= 0.6 is 45.8 Å². The van der Waals surface area contributed by atoms with E-state index >= 15 is 0 Å². The third-order valence-electron chi connectivity index (χ3n) is 4.39. The minimum absolute atomic E-state index is 0.143. The predicted molar refractivity (Wildman–Crippen MR) is 126 cm³/mol. The average Bonchev–Trinajstić information content (AvgIpc) is 3.46. The van der Waals surface area contributed by atoms with Crippen LogP contribution in [0.1, 0.15) is 25.9 Å². The Hall–Kier alpha value is -2.87. The second-order valence-electron chi connectivity index (χ2n) is 6.66. The van der Waals surface area contributed by atoms with Crippen LogP contribution in [0.2, 0.25) is 4.34 Å². The van der Waals surface area contributed by atoms with Crippen LogP contribution in [-0.2, 0) is 13.1 Å². The number of nitrogens with one attached hydrogen (secondary N) is 3. The summed E-state index contributed by atoms with van der Waals surface area (Å²) < 4.78 is 4.86. The average molecular weight is 510 g/mol. The van der Waals surface area contributed by atoms with E-state index in [9.17, 15) is 14.4 Å². The number of aryl methyl sites for hydroxylation is 1. The van der Waals surface area contributed by atoms with Crippen molar-refractivity contribution < 1.29 is 9.59 Å². The summed E-state index contributed by atoms with van der Waals surface area (Å²) in [5.74, 6) is 0.127. The lowest BCUT2D eigenvalue weighted by atomic mass is 10.2. The number of thiophene rings is 2. The number of nitrogens with zero attached hydrogens (tertiary/aromatic N) is 4. The minimum atomic E-state index is -0.416. The van der Waals surface area contributed by atoms with E-state index in [0.29, 0.717) is 42.5 Å². The van der Waals surface area contributed by atoms with E-state index in [0.717, 1.165) is 16.4 Å². The Labute approximate surface area is 198 Å². The zero-order valence-electron chi connectivity index (χ0n) is 16.8. The smallest absolute Gasteiger partial charge is 0.321 e. The summed E-state index contributed by atoms with van der Waals surface area (Å²) in [7, 11) is 1.62. The van der Waals surface area contributed by atoms with E-state index in [1.807, 2.05) is 6.07 Å². The van der Waals surface area contributed by atoms with Gasteiger partial charge in [0.2, 0.25) is 5.13 Å². The third kappa shape index (κ3) is 4.80. The van der Waals surface area contributed by atoms with E-state index in [2.05, 4.69) is 30.0 Å². The second-order valence-corrected chi connectivity index (χ2v) is 10.2. The van der Waals surface area contributed by atoms with Crippen molar-refractivity contribution in [3.05, 3.63) is 54.3 Å². The van der Waals surface area contributed by atoms with Gasteiger partial charge in [-0.15, -0.1) is 22.7 Å². The molecule has 4 aromatic rings. The molecule has 0 fully saturated rings. The maximum Gasteiger partial charge on any atom is 0.321 e. The van der Waals surface area contributed by atoms with Crippen LogP contribution in [0, 0.1) is 6.92 Å². The summed E-state index contributed by atoms with van der Waals surface area (Å²) in [6, 6.07) is 3.19. The highest BCUT2D eigenvalue weighted by Crippen LogP contribution is 2.28. The number of halogens is 1. The Morgan fingerprint density at radius 1 is 1.28 bits per heavy atom. The quantitative estimate of drug-likeness (QED) is 0.364. The van der Waals surface area contributed by atoms with Gasteiger partial charge in [0.1, 0.15) is 4.83 Å². The van der Waals surface area contributed by atoms with Gasteiger partial charge in [0.15, 0.2) is 5.82 Å². The van der Waals surface area contributed by atoms with Crippen LogP contribution in [0.4, 0.5) is 9.93 Å². The third-order valence-corrected chi connectivity index (χ3v) is 7.48. The van der Waals surface area contributed by atoms with E-state index in [4.69, 9.17) is 11.6 Å². The van der Waals surface area contributed by atoms with Gasteiger partial charge in [0.05, 0.1) is 34.0 Å². The first-order valence-corrected chi connectivity index (χ1v) is 11.9. The topological polar surface area (TPSA) is 133 Å². The molecule has 166 valence electrons. The minimum Gasteiger partial charge on any atom is -0.333 e. The van der Waals surface area contributed by atoms with Gasteiger partial charge < -0.3 is 15.2 Å². The molecule has 0 saturated heterocycles. The zero-order valence-corrected chi connectivity index (χ0v) is 20.0. The molecule has 32 heavy (non-hydrogen) atoms. The van der Waals surface area contributed by atoms with Gasteiger partial charge in [-0.25, -0.2) is 14.8 Å². The number of aromatic nitrogens is 4. The lowest BCUT2D eigenvalue weighted by Crippen LogP contribution is -2.28. The number of urea groups is 1. The number of carbonyl (C=O) groups is 2. The molecule has 10 nitrogen and oxygen atoms in total. The standard InChI is InChI=1S/C18H16ClN7O3S3/c1-8-12-14(27)21-7-22-15(12)31-13(8)16(28)26(2)6-11-23-18(32-25-11)24-17(29)20-5-9-3-4-10(19)30-9/h3-4,7H,5-6H2,1-2H3,(H,21,22,27)(H2,20,23,24,25,29). The van der Waals surface area contributed by atoms with Gasteiger partial charge in [0, 0.05) is 23.5 Å². The van der Waals surface area contributed by atoms with Gasteiger partial charge in [-0.1, -0.05) is 11.6 Å². The van der Waals surface area contributed by atoms with E-state index < -0.39 is 6.03 Å². The molecule has 0 bridgehead atoms. The summed E-state index contributed by atoms with van der Waals surface area (Å²) >= 11 is 9.45. The fraction of sp³-hybridized carbons (Fsp3) is 0.222. The number of hydrogen-bond donors (Lipinski definition) is 3.